The first-order valence-corrected chi connectivity index (χ1v) is 11.8. The second-order valence-electron chi connectivity index (χ2n) is 8.78. The van der Waals surface area contributed by atoms with E-state index >= 15 is 0 Å². The van der Waals surface area contributed by atoms with Crippen molar-refractivity contribution >= 4 is 17.5 Å². The van der Waals surface area contributed by atoms with E-state index in [0.29, 0.717) is 20.8 Å². The summed E-state index contributed by atoms with van der Waals surface area (Å²) >= 11 is 5.91. The average Bonchev–Trinajstić information content (AvgIpc) is 3.41. The predicted molar refractivity (Wildman–Crippen MR) is 132 cm³/mol. The summed E-state index contributed by atoms with van der Waals surface area (Å²) in [6, 6.07) is 13.1. The Morgan fingerprint density at radius 1 is 1.11 bits per heavy atom. The van der Waals surface area contributed by atoms with Gasteiger partial charge in [0.2, 0.25) is 5.82 Å². The van der Waals surface area contributed by atoms with Gasteiger partial charge in [-0.15, -0.1) is 10.2 Å². The standard InChI is InChI=1S/C24H23ClF3N7O3/c1-13(2)16-5-3-4-6-17(16)35-22(20(29)37)30-19(31-35)12-34-23(38)33(11-18(36)24(26,27)28)21(32-34)14-7-9-15(25)10-8-14/h3-10,13,18,36H,11-12H2,1-2H3,(H2,29,37)/t18-/m0/s1. The van der Waals surface area contributed by atoms with Gasteiger partial charge in [0.15, 0.2) is 17.8 Å². The molecule has 0 aliphatic heterocycles. The molecule has 0 fully saturated rings. The number of aromatic nitrogens is 6. The van der Waals surface area contributed by atoms with Crippen LogP contribution in [0.1, 0.15) is 41.8 Å². The number of halogens is 4. The number of rotatable bonds is 8. The zero-order chi connectivity index (χ0) is 27.8. The van der Waals surface area contributed by atoms with E-state index in [4.69, 9.17) is 17.3 Å². The van der Waals surface area contributed by atoms with Crippen molar-refractivity contribution in [2.45, 2.75) is 45.1 Å². The van der Waals surface area contributed by atoms with E-state index in [1.807, 2.05) is 26.0 Å². The van der Waals surface area contributed by atoms with Crippen molar-refractivity contribution in [1.29, 1.82) is 0 Å². The van der Waals surface area contributed by atoms with Crippen LogP contribution in [0.5, 0.6) is 0 Å². The molecule has 2 aromatic heterocycles. The largest absolute Gasteiger partial charge is 0.416 e. The number of amides is 1. The van der Waals surface area contributed by atoms with Crippen LogP contribution >= 0.6 is 11.6 Å². The molecule has 0 aliphatic carbocycles. The number of carbonyl (C=O) groups excluding carboxylic acids is 1. The number of para-hydroxylation sites is 1. The zero-order valence-corrected chi connectivity index (χ0v) is 21.0. The van der Waals surface area contributed by atoms with Crippen LogP contribution in [0.3, 0.4) is 0 Å². The molecule has 38 heavy (non-hydrogen) atoms. The molecule has 10 nitrogen and oxygen atoms in total. The van der Waals surface area contributed by atoms with Crippen molar-refractivity contribution in [3.8, 4) is 17.1 Å². The predicted octanol–water partition coefficient (Wildman–Crippen LogP) is 3.14. The highest BCUT2D eigenvalue weighted by molar-refractivity contribution is 6.30. The number of nitrogens with two attached hydrogens (primary N) is 1. The first-order chi connectivity index (χ1) is 17.9. The maximum absolute atomic E-state index is 13.1. The Morgan fingerprint density at radius 3 is 2.37 bits per heavy atom. The molecule has 0 radical (unpaired) electrons. The lowest BCUT2D eigenvalue weighted by Gasteiger charge is -2.15. The lowest BCUT2D eigenvalue weighted by Crippen LogP contribution is -2.37. The zero-order valence-electron chi connectivity index (χ0n) is 20.2. The Bertz CT molecular complexity index is 1520. The molecule has 2 aromatic carbocycles. The third-order valence-electron chi connectivity index (χ3n) is 5.71. The van der Waals surface area contributed by atoms with Gasteiger partial charge in [0, 0.05) is 10.6 Å². The Labute approximate surface area is 219 Å². The van der Waals surface area contributed by atoms with Gasteiger partial charge in [0.1, 0.15) is 6.54 Å². The molecule has 0 unspecified atom stereocenters. The molecule has 4 rings (SSSR count). The van der Waals surface area contributed by atoms with Crippen molar-refractivity contribution in [2.75, 3.05) is 0 Å². The molecular weight excluding hydrogens is 527 g/mol. The Kier molecular flexibility index (Phi) is 7.42. The fourth-order valence-electron chi connectivity index (χ4n) is 3.85. The monoisotopic (exact) mass is 549 g/mol. The number of alkyl halides is 3. The molecule has 2 heterocycles. The van der Waals surface area contributed by atoms with Crippen LogP contribution in [-0.2, 0) is 13.1 Å². The summed E-state index contributed by atoms with van der Waals surface area (Å²) in [7, 11) is 0. The summed E-state index contributed by atoms with van der Waals surface area (Å²) in [4.78, 5) is 29.5. The van der Waals surface area contributed by atoms with Gasteiger partial charge in [0.05, 0.1) is 12.2 Å². The van der Waals surface area contributed by atoms with Crippen LogP contribution < -0.4 is 11.4 Å². The highest BCUT2D eigenvalue weighted by Gasteiger charge is 2.39. The van der Waals surface area contributed by atoms with Crippen LogP contribution in [0.4, 0.5) is 13.2 Å². The topological polar surface area (TPSA) is 134 Å². The van der Waals surface area contributed by atoms with Crippen LogP contribution in [0.15, 0.2) is 53.3 Å². The molecule has 4 aromatic rings. The summed E-state index contributed by atoms with van der Waals surface area (Å²) in [6.07, 6.45) is -7.77. The van der Waals surface area contributed by atoms with Crippen molar-refractivity contribution in [2.24, 2.45) is 5.73 Å². The molecule has 0 saturated heterocycles. The molecule has 1 atom stereocenters. The van der Waals surface area contributed by atoms with Gasteiger partial charge in [-0.3, -0.25) is 9.36 Å². The fourth-order valence-corrected chi connectivity index (χ4v) is 3.98. The maximum Gasteiger partial charge on any atom is 0.416 e. The fraction of sp³-hybridized carbons (Fsp3) is 0.292. The quantitative estimate of drug-likeness (QED) is 0.347. The van der Waals surface area contributed by atoms with E-state index in [1.165, 1.54) is 28.9 Å². The summed E-state index contributed by atoms with van der Waals surface area (Å²) < 4.78 is 42.1. The van der Waals surface area contributed by atoms with Crippen molar-refractivity contribution in [3.05, 3.63) is 81.3 Å². The number of nitrogens with zero attached hydrogens (tertiary/aromatic N) is 6. The molecule has 0 aliphatic rings. The number of hydrogen-bond donors (Lipinski definition) is 2. The number of aliphatic hydroxyl groups is 1. The van der Waals surface area contributed by atoms with Crippen molar-refractivity contribution in [1.82, 2.24) is 29.1 Å². The molecule has 0 saturated carbocycles. The van der Waals surface area contributed by atoms with Gasteiger partial charge in [-0.1, -0.05) is 43.6 Å². The van der Waals surface area contributed by atoms with E-state index in [1.54, 1.807) is 12.1 Å². The van der Waals surface area contributed by atoms with Crippen molar-refractivity contribution < 1.29 is 23.1 Å². The van der Waals surface area contributed by atoms with E-state index in [9.17, 15) is 27.9 Å². The normalized spacial score (nSPS) is 12.7. The second kappa shape index (κ2) is 10.4. The number of benzene rings is 2. The van der Waals surface area contributed by atoms with Gasteiger partial charge < -0.3 is 10.8 Å². The third kappa shape index (κ3) is 5.48. The Balaban J connectivity index is 1.79. The van der Waals surface area contributed by atoms with Crippen LogP contribution in [0.2, 0.25) is 5.02 Å². The molecule has 200 valence electrons. The van der Waals surface area contributed by atoms with Crippen LogP contribution in [0.25, 0.3) is 17.1 Å². The second-order valence-corrected chi connectivity index (χ2v) is 9.22. The van der Waals surface area contributed by atoms with Crippen LogP contribution in [0, 0.1) is 0 Å². The van der Waals surface area contributed by atoms with Crippen LogP contribution in [-0.4, -0.2) is 52.4 Å². The van der Waals surface area contributed by atoms with Gasteiger partial charge in [-0.05, 0) is 41.8 Å². The number of primary amides is 1. The van der Waals surface area contributed by atoms with E-state index < -0.39 is 30.4 Å². The minimum atomic E-state index is -4.96. The minimum Gasteiger partial charge on any atom is -0.382 e. The smallest absolute Gasteiger partial charge is 0.382 e. The molecule has 0 bridgehead atoms. The van der Waals surface area contributed by atoms with Gasteiger partial charge in [-0.2, -0.15) is 13.2 Å². The molecule has 3 N–H and O–H groups in total. The van der Waals surface area contributed by atoms with Crippen molar-refractivity contribution in [3.63, 3.8) is 0 Å². The molecular formula is C24H23ClF3N7O3. The maximum atomic E-state index is 13.1. The summed E-state index contributed by atoms with van der Waals surface area (Å²) in [5.41, 5.74) is 6.30. The first kappa shape index (κ1) is 27.1. The number of carbonyl (C=O) groups is 1. The summed E-state index contributed by atoms with van der Waals surface area (Å²) in [6.45, 7) is 2.45. The van der Waals surface area contributed by atoms with Gasteiger partial charge >= 0.3 is 11.9 Å². The average molecular weight is 550 g/mol. The Hall–Kier alpha value is -3.97. The van der Waals surface area contributed by atoms with E-state index in [0.717, 1.165) is 10.2 Å². The van der Waals surface area contributed by atoms with E-state index in [-0.39, 0.29) is 29.9 Å². The molecule has 1 amide bonds. The van der Waals surface area contributed by atoms with Gasteiger partial charge in [-0.25, -0.2) is 19.1 Å². The SMILES string of the molecule is CC(C)c1ccccc1-n1nc(Cn2nc(-c3ccc(Cl)cc3)n(C[C@H](O)C(F)(F)F)c2=O)nc1C(N)=O. The Morgan fingerprint density at radius 2 is 1.76 bits per heavy atom. The molecule has 0 spiro atoms. The first-order valence-electron chi connectivity index (χ1n) is 11.4. The van der Waals surface area contributed by atoms with Gasteiger partial charge in [0.25, 0.3) is 5.91 Å². The lowest BCUT2D eigenvalue weighted by molar-refractivity contribution is -0.207. The van der Waals surface area contributed by atoms with E-state index in [2.05, 4.69) is 15.2 Å². The number of hydrogen-bond acceptors (Lipinski definition) is 6. The minimum absolute atomic E-state index is 0.0249. The number of aliphatic hydroxyl groups excluding tert-OH is 1. The lowest BCUT2D eigenvalue weighted by atomic mass is 10.0. The molecule has 14 heteroatoms. The summed E-state index contributed by atoms with van der Waals surface area (Å²) in [5.74, 6) is -1.14. The summed E-state index contributed by atoms with van der Waals surface area (Å²) in [5, 5.41) is 18.6. The highest BCUT2D eigenvalue weighted by atomic mass is 35.5. The third-order valence-corrected chi connectivity index (χ3v) is 5.96. The highest BCUT2D eigenvalue weighted by Crippen LogP contribution is 2.25.